The summed E-state index contributed by atoms with van der Waals surface area (Å²) < 4.78 is 18.6. The molecule has 0 fully saturated rings. The van der Waals surface area contributed by atoms with Gasteiger partial charge in [-0.05, 0) is 40.0 Å². The maximum atomic E-state index is 13.0. The highest BCUT2D eigenvalue weighted by atomic mass is 79.9. The van der Waals surface area contributed by atoms with Crippen LogP contribution in [0.15, 0.2) is 22.7 Å². The normalized spacial score (nSPS) is 12.5. The fourth-order valence-corrected chi connectivity index (χ4v) is 2.06. The van der Waals surface area contributed by atoms with E-state index in [0.717, 1.165) is 18.4 Å². The first-order chi connectivity index (χ1) is 8.08. The van der Waals surface area contributed by atoms with Gasteiger partial charge in [0.05, 0.1) is 4.47 Å². The maximum absolute atomic E-state index is 13.0. The van der Waals surface area contributed by atoms with Crippen LogP contribution >= 0.6 is 15.9 Å². The van der Waals surface area contributed by atoms with E-state index in [-0.39, 0.29) is 24.1 Å². The number of hydrogen-bond acceptors (Lipinski definition) is 2. The highest BCUT2D eigenvalue weighted by molar-refractivity contribution is 9.10. The number of ketones is 1. The van der Waals surface area contributed by atoms with E-state index >= 15 is 0 Å². The van der Waals surface area contributed by atoms with E-state index in [0.29, 0.717) is 4.47 Å². The summed E-state index contributed by atoms with van der Waals surface area (Å²) in [6.45, 7) is 2.01. The van der Waals surface area contributed by atoms with Crippen molar-refractivity contribution in [2.45, 2.75) is 32.3 Å². The number of ether oxygens (including phenoxy) is 1. The third kappa shape index (κ3) is 4.21. The molecule has 94 valence electrons. The third-order valence-electron chi connectivity index (χ3n) is 2.56. The van der Waals surface area contributed by atoms with E-state index in [4.69, 9.17) is 4.74 Å². The van der Waals surface area contributed by atoms with Gasteiger partial charge < -0.3 is 4.74 Å². The number of carbonyl (C=O) groups excluding carboxylic acids is 1. The average Bonchev–Trinajstić information content (AvgIpc) is 2.30. The highest BCUT2D eigenvalue weighted by Gasteiger charge is 2.17. The van der Waals surface area contributed by atoms with Gasteiger partial charge in [-0.2, -0.15) is 0 Å². The van der Waals surface area contributed by atoms with Crippen molar-refractivity contribution in [2.75, 3.05) is 7.11 Å². The predicted octanol–water partition coefficient (Wildman–Crippen LogP) is 3.51. The molecule has 4 heteroatoms. The molecular formula is C13H16BrFO2. The molecule has 1 aromatic rings. The van der Waals surface area contributed by atoms with E-state index in [1.165, 1.54) is 6.07 Å². The second-order valence-electron chi connectivity index (χ2n) is 3.90. The number of halogens is 2. The summed E-state index contributed by atoms with van der Waals surface area (Å²) >= 11 is 3.10. The van der Waals surface area contributed by atoms with Crippen molar-refractivity contribution < 1.29 is 13.9 Å². The van der Waals surface area contributed by atoms with E-state index in [1.807, 2.05) is 6.92 Å². The van der Waals surface area contributed by atoms with Gasteiger partial charge in [-0.3, -0.25) is 4.79 Å². The van der Waals surface area contributed by atoms with Crippen molar-refractivity contribution >= 4 is 21.7 Å². The minimum Gasteiger partial charge on any atom is -0.374 e. The number of rotatable bonds is 6. The summed E-state index contributed by atoms with van der Waals surface area (Å²) in [6.07, 6.45) is 1.54. The van der Waals surface area contributed by atoms with Crippen LogP contribution in [-0.2, 0) is 16.0 Å². The molecule has 0 heterocycles. The van der Waals surface area contributed by atoms with Crippen molar-refractivity contribution in [1.29, 1.82) is 0 Å². The Morgan fingerprint density at radius 3 is 2.76 bits per heavy atom. The lowest BCUT2D eigenvalue weighted by Crippen LogP contribution is -2.24. The molecule has 0 aliphatic rings. The van der Waals surface area contributed by atoms with Crippen LogP contribution in [0.3, 0.4) is 0 Å². The Labute approximate surface area is 109 Å². The lowest BCUT2D eigenvalue weighted by molar-refractivity contribution is -0.128. The zero-order chi connectivity index (χ0) is 12.8. The molecule has 1 aromatic carbocycles. The number of hydrogen-bond donors (Lipinski definition) is 0. The zero-order valence-corrected chi connectivity index (χ0v) is 11.6. The van der Waals surface area contributed by atoms with Crippen LogP contribution in [0.1, 0.15) is 25.3 Å². The van der Waals surface area contributed by atoms with Gasteiger partial charge in [0.1, 0.15) is 11.9 Å². The first kappa shape index (κ1) is 14.3. The molecule has 0 N–H and O–H groups in total. The first-order valence-electron chi connectivity index (χ1n) is 5.58. The summed E-state index contributed by atoms with van der Waals surface area (Å²) in [5.74, 6) is -0.286. The third-order valence-corrected chi connectivity index (χ3v) is 3.16. The van der Waals surface area contributed by atoms with Crippen molar-refractivity contribution in [2.24, 2.45) is 0 Å². The van der Waals surface area contributed by atoms with Crippen molar-refractivity contribution in [1.82, 2.24) is 0 Å². The van der Waals surface area contributed by atoms with Crippen LogP contribution in [0, 0.1) is 5.82 Å². The molecule has 2 nitrogen and oxygen atoms in total. The quantitative estimate of drug-likeness (QED) is 0.804. The van der Waals surface area contributed by atoms with Crippen LogP contribution in [0.25, 0.3) is 0 Å². The minimum atomic E-state index is -0.358. The lowest BCUT2D eigenvalue weighted by Gasteiger charge is -2.13. The smallest absolute Gasteiger partial charge is 0.165 e. The van der Waals surface area contributed by atoms with E-state index in [1.54, 1.807) is 19.2 Å². The Morgan fingerprint density at radius 2 is 2.24 bits per heavy atom. The van der Waals surface area contributed by atoms with Gasteiger partial charge >= 0.3 is 0 Å². The average molecular weight is 303 g/mol. The number of Topliss-reactive ketones (excluding diaryl/α,β-unsaturated/α-hetero) is 1. The van der Waals surface area contributed by atoms with Gasteiger partial charge in [0.2, 0.25) is 0 Å². The van der Waals surface area contributed by atoms with Gasteiger partial charge in [-0.15, -0.1) is 0 Å². The standard InChI is InChI=1S/C13H16BrFO2/c1-3-4-13(17-2)12(16)8-9-5-6-11(15)10(14)7-9/h5-7,13H,3-4,8H2,1-2H3. The molecule has 0 amide bonds. The topological polar surface area (TPSA) is 26.3 Å². The number of methoxy groups -OCH3 is 1. The van der Waals surface area contributed by atoms with Gasteiger partial charge in [-0.25, -0.2) is 4.39 Å². The van der Waals surface area contributed by atoms with Crippen LogP contribution in [0.2, 0.25) is 0 Å². The van der Waals surface area contributed by atoms with Gasteiger partial charge in [0, 0.05) is 13.5 Å². The Hall–Kier alpha value is -0.740. The summed E-state index contributed by atoms with van der Waals surface area (Å²) in [6, 6.07) is 4.61. The second-order valence-corrected chi connectivity index (χ2v) is 4.76. The Morgan fingerprint density at radius 1 is 1.53 bits per heavy atom. The summed E-state index contributed by atoms with van der Waals surface area (Å²) in [5, 5.41) is 0. The largest absolute Gasteiger partial charge is 0.374 e. The van der Waals surface area contributed by atoms with E-state index in [9.17, 15) is 9.18 Å². The van der Waals surface area contributed by atoms with Crippen molar-refractivity contribution in [3.8, 4) is 0 Å². The fourth-order valence-electron chi connectivity index (χ4n) is 1.64. The van der Waals surface area contributed by atoms with Gasteiger partial charge in [0.25, 0.3) is 0 Å². The van der Waals surface area contributed by atoms with Crippen LogP contribution in [0.4, 0.5) is 4.39 Å². The lowest BCUT2D eigenvalue weighted by atomic mass is 10.0. The molecule has 0 spiro atoms. The SMILES string of the molecule is CCCC(OC)C(=O)Cc1ccc(F)c(Br)c1. The van der Waals surface area contributed by atoms with E-state index in [2.05, 4.69) is 15.9 Å². The maximum Gasteiger partial charge on any atom is 0.165 e. The molecule has 0 aliphatic heterocycles. The molecular weight excluding hydrogens is 287 g/mol. The number of benzene rings is 1. The molecule has 1 rings (SSSR count). The molecule has 1 atom stereocenters. The van der Waals surface area contributed by atoms with Gasteiger partial charge in [0.15, 0.2) is 5.78 Å². The van der Waals surface area contributed by atoms with Crippen LogP contribution in [-0.4, -0.2) is 19.0 Å². The molecule has 0 bridgehead atoms. The molecule has 0 radical (unpaired) electrons. The molecule has 0 aromatic heterocycles. The fraction of sp³-hybridized carbons (Fsp3) is 0.462. The highest BCUT2D eigenvalue weighted by Crippen LogP contribution is 2.18. The first-order valence-corrected chi connectivity index (χ1v) is 6.37. The van der Waals surface area contributed by atoms with Crippen molar-refractivity contribution in [3.05, 3.63) is 34.1 Å². The molecule has 0 aliphatic carbocycles. The Balaban J connectivity index is 2.69. The summed E-state index contributed by atoms with van der Waals surface area (Å²) in [5.41, 5.74) is 0.793. The molecule has 0 saturated carbocycles. The number of carbonyl (C=O) groups is 1. The Kier molecular flexibility index (Phi) is 5.78. The van der Waals surface area contributed by atoms with Crippen LogP contribution in [0.5, 0.6) is 0 Å². The minimum absolute atomic E-state index is 0.0351. The van der Waals surface area contributed by atoms with E-state index < -0.39 is 0 Å². The van der Waals surface area contributed by atoms with Crippen molar-refractivity contribution in [3.63, 3.8) is 0 Å². The summed E-state index contributed by atoms with van der Waals surface area (Å²) in [7, 11) is 1.54. The predicted molar refractivity (Wildman–Crippen MR) is 68.5 cm³/mol. The molecule has 1 unspecified atom stereocenters. The summed E-state index contributed by atoms with van der Waals surface area (Å²) in [4.78, 5) is 11.9. The monoisotopic (exact) mass is 302 g/mol. The molecule has 17 heavy (non-hydrogen) atoms. The van der Waals surface area contributed by atoms with Crippen LogP contribution < -0.4 is 0 Å². The van der Waals surface area contributed by atoms with Gasteiger partial charge in [-0.1, -0.05) is 19.4 Å². The second kappa shape index (κ2) is 6.87. The Bertz CT molecular complexity index is 393. The molecule has 0 saturated heterocycles. The zero-order valence-electron chi connectivity index (χ0n) is 10.0.